The quantitative estimate of drug-likeness (QED) is 0.717. The summed E-state index contributed by atoms with van der Waals surface area (Å²) in [7, 11) is 0. The van der Waals surface area contributed by atoms with Crippen LogP contribution in [0.5, 0.6) is 0 Å². The van der Waals surface area contributed by atoms with Gasteiger partial charge < -0.3 is 19.5 Å². The van der Waals surface area contributed by atoms with E-state index in [0.717, 1.165) is 45.4 Å². The number of hydrogen-bond acceptors (Lipinski definition) is 4. The third-order valence-electron chi connectivity index (χ3n) is 6.01. The Morgan fingerprint density at radius 3 is 2.73 bits per heavy atom. The lowest BCUT2D eigenvalue weighted by atomic mass is 9.96. The molecular formula is C24H29N3O3. The van der Waals surface area contributed by atoms with E-state index in [9.17, 15) is 9.59 Å². The molecule has 0 radical (unpaired) electrons. The molecule has 1 fully saturated rings. The largest absolute Gasteiger partial charge is 0.465 e. The van der Waals surface area contributed by atoms with E-state index in [1.807, 2.05) is 4.90 Å². The number of likely N-dealkylation sites (tertiary alicyclic amines) is 1. The maximum absolute atomic E-state index is 12.5. The minimum absolute atomic E-state index is 0.121. The molecule has 0 bridgehead atoms. The zero-order valence-electron chi connectivity index (χ0n) is 17.3. The maximum atomic E-state index is 12.5. The van der Waals surface area contributed by atoms with E-state index in [2.05, 4.69) is 34.5 Å². The first-order valence-electron chi connectivity index (χ1n) is 10.8. The van der Waals surface area contributed by atoms with E-state index in [1.54, 1.807) is 24.5 Å². The summed E-state index contributed by atoms with van der Waals surface area (Å²) in [6.45, 7) is 4.16. The van der Waals surface area contributed by atoms with Gasteiger partial charge in [-0.15, -0.1) is 0 Å². The SMILES string of the molecule is O=C(C=Cc1ccco1)NCCC(=O)N1CCC(CN2CCc3ccccc32)CC1. The standard InChI is InChI=1S/C24H29N3O3/c28-23(8-7-21-5-3-17-30-21)25-13-9-24(29)26-14-10-19(11-15-26)18-27-16-12-20-4-1-2-6-22(20)27/h1-8,17,19H,9-16,18H2,(H,25,28). The molecule has 0 unspecified atom stereocenters. The first-order chi connectivity index (χ1) is 14.7. The Labute approximate surface area is 177 Å². The van der Waals surface area contributed by atoms with Gasteiger partial charge in [-0.05, 0) is 55.0 Å². The molecular weight excluding hydrogens is 378 g/mol. The molecule has 2 aromatic rings. The molecule has 2 amide bonds. The Morgan fingerprint density at radius 1 is 1.10 bits per heavy atom. The number of hydrogen-bond donors (Lipinski definition) is 1. The van der Waals surface area contributed by atoms with Gasteiger partial charge in [0.1, 0.15) is 5.76 Å². The van der Waals surface area contributed by atoms with Crippen LogP contribution in [0.2, 0.25) is 0 Å². The lowest BCUT2D eigenvalue weighted by Crippen LogP contribution is -2.42. The summed E-state index contributed by atoms with van der Waals surface area (Å²) in [5, 5.41) is 2.76. The van der Waals surface area contributed by atoms with E-state index in [-0.39, 0.29) is 11.8 Å². The van der Waals surface area contributed by atoms with E-state index >= 15 is 0 Å². The van der Waals surface area contributed by atoms with Gasteiger partial charge in [0.25, 0.3) is 0 Å². The highest BCUT2D eigenvalue weighted by molar-refractivity contribution is 5.91. The smallest absolute Gasteiger partial charge is 0.244 e. The number of carbonyl (C=O) groups excluding carboxylic acids is 2. The third-order valence-corrected chi connectivity index (χ3v) is 6.01. The van der Waals surface area contributed by atoms with Crippen LogP contribution in [-0.2, 0) is 16.0 Å². The van der Waals surface area contributed by atoms with E-state index in [0.29, 0.717) is 24.6 Å². The predicted octanol–water partition coefficient (Wildman–Crippen LogP) is 3.10. The fourth-order valence-corrected chi connectivity index (χ4v) is 4.33. The maximum Gasteiger partial charge on any atom is 0.244 e. The van der Waals surface area contributed by atoms with Gasteiger partial charge in [0.15, 0.2) is 0 Å². The minimum atomic E-state index is -0.219. The summed E-state index contributed by atoms with van der Waals surface area (Å²) in [4.78, 5) is 28.7. The highest BCUT2D eigenvalue weighted by Crippen LogP contribution is 2.30. The van der Waals surface area contributed by atoms with Gasteiger partial charge in [0, 0.05) is 50.9 Å². The molecule has 0 atom stereocenters. The number of nitrogens with one attached hydrogen (secondary N) is 1. The average molecular weight is 408 g/mol. The molecule has 1 aromatic heterocycles. The monoisotopic (exact) mass is 407 g/mol. The average Bonchev–Trinajstić information content (AvgIpc) is 3.43. The first-order valence-corrected chi connectivity index (χ1v) is 10.8. The Balaban J connectivity index is 1.15. The molecule has 1 aromatic carbocycles. The number of piperidine rings is 1. The summed E-state index contributed by atoms with van der Waals surface area (Å²) in [5.41, 5.74) is 2.83. The molecule has 0 saturated carbocycles. The van der Waals surface area contributed by atoms with Gasteiger partial charge in [-0.3, -0.25) is 9.59 Å². The lowest BCUT2D eigenvalue weighted by molar-refractivity contribution is -0.132. The summed E-state index contributed by atoms with van der Waals surface area (Å²) >= 11 is 0. The molecule has 30 heavy (non-hydrogen) atoms. The van der Waals surface area contributed by atoms with Crippen molar-refractivity contribution in [3.05, 3.63) is 60.1 Å². The van der Waals surface area contributed by atoms with Crippen LogP contribution < -0.4 is 10.2 Å². The fraction of sp³-hybridized carbons (Fsp3) is 0.417. The van der Waals surface area contributed by atoms with Crippen molar-refractivity contribution >= 4 is 23.6 Å². The number of nitrogens with zero attached hydrogens (tertiary/aromatic N) is 2. The van der Waals surface area contributed by atoms with Crippen molar-refractivity contribution in [3.63, 3.8) is 0 Å². The molecule has 2 aliphatic heterocycles. The molecule has 2 aliphatic rings. The Bertz CT molecular complexity index is 883. The Kier molecular flexibility index (Phi) is 6.52. The predicted molar refractivity (Wildman–Crippen MR) is 117 cm³/mol. The van der Waals surface area contributed by atoms with Crippen molar-refractivity contribution in [2.45, 2.75) is 25.7 Å². The molecule has 6 nitrogen and oxygen atoms in total. The molecule has 1 saturated heterocycles. The van der Waals surface area contributed by atoms with Gasteiger partial charge >= 0.3 is 0 Å². The zero-order valence-corrected chi connectivity index (χ0v) is 17.3. The van der Waals surface area contributed by atoms with Gasteiger partial charge in [0.05, 0.1) is 6.26 Å². The van der Waals surface area contributed by atoms with Gasteiger partial charge in [-0.1, -0.05) is 18.2 Å². The fourth-order valence-electron chi connectivity index (χ4n) is 4.33. The van der Waals surface area contributed by atoms with Crippen LogP contribution in [0.3, 0.4) is 0 Å². The second kappa shape index (κ2) is 9.65. The lowest BCUT2D eigenvalue weighted by Gasteiger charge is -2.34. The van der Waals surface area contributed by atoms with E-state index < -0.39 is 0 Å². The molecule has 0 aliphatic carbocycles. The van der Waals surface area contributed by atoms with Crippen LogP contribution in [0.15, 0.2) is 53.2 Å². The highest BCUT2D eigenvalue weighted by atomic mass is 16.3. The number of carbonyl (C=O) groups is 2. The number of anilines is 1. The number of fused-ring (bicyclic) bond motifs is 1. The third kappa shape index (κ3) is 5.12. The van der Waals surface area contributed by atoms with Crippen LogP contribution in [0.1, 0.15) is 30.6 Å². The minimum Gasteiger partial charge on any atom is -0.465 e. The molecule has 3 heterocycles. The Morgan fingerprint density at radius 2 is 1.93 bits per heavy atom. The number of amides is 2. The van der Waals surface area contributed by atoms with E-state index in [1.165, 1.54) is 17.3 Å². The van der Waals surface area contributed by atoms with Gasteiger partial charge in [-0.2, -0.15) is 0 Å². The van der Waals surface area contributed by atoms with Crippen LogP contribution in [0.4, 0.5) is 5.69 Å². The molecule has 1 N–H and O–H groups in total. The summed E-state index contributed by atoms with van der Waals surface area (Å²) in [6, 6.07) is 12.2. The highest BCUT2D eigenvalue weighted by Gasteiger charge is 2.26. The molecule has 4 rings (SSSR count). The van der Waals surface area contributed by atoms with Crippen molar-refractivity contribution < 1.29 is 14.0 Å². The second-order valence-corrected chi connectivity index (χ2v) is 8.04. The van der Waals surface area contributed by atoms with Crippen LogP contribution >= 0.6 is 0 Å². The van der Waals surface area contributed by atoms with Crippen molar-refractivity contribution in [2.75, 3.05) is 37.6 Å². The van der Waals surface area contributed by atoms with Crippen LogP contribution in [0, 0.1) is 5.92 Å². The molecule has 158 valence electrons. The number of para-hydroxylation sites is 1. The summed E-state index contributed by atoms with van der Waals surface area (Å²) in [5.74, 6) is 1.16. The number of furan rings is 1. The van der Waals surface area contributed by atoms with Crippen molar-refractivity contribution in [1.82, 2.24) is 10.2 Å². The molecule has 6 heteroatoms. The summed E-state index contributed by atoms with van der Waals surface area (Å²) in [6.07, 6.45) is 8.15. The zero-order chi connectivity index (χ0) is 20.8. The van der Waals surface area contributed by atoms with Crippen LogP contribution in [0.25, 0.3) is 6.08 Å². The number of rotatable bonds is 7. The van der Waals surface area contributed by atoms with Crippen molar-refractivity contribution in [1.29, 1.82) is 0 Å². The number of benzene rings is 1. The Hall–Kier alpha value is -3.02. The van der Waals surface area contributed by atoms with Crippen molar-refractivity contribution in [2.24, 2.45) is 5.92 Å². The second-order valence-electron chi connectivity index (χ2n) is 8.04. The normalized spacial score (nSPS) is 16.8. The van der Waals surface area contributed by atoms with Crippen molar-refractivity contribution in [3.8, 4) is 0 Å². The van der Waals surface area contributed by atoms with E-state index in [4.69, 9.17) is 4.42 Å². The van der Waals surface area contributed by atoms with Gasteiger partial charge in [-0.25, -0.2) is 0 Å². The van der Waals surface area contributed by atoms with Crippen LogP contribution in [-0.4, -0.2) is 49.4 Å². The van der Waals surface area contributed by atoms with Gasteiger partial charge in [0.2, 0.25) is 11.8 Å². The summed E-state index contributed by atoms with van der Waals surface area (Å²) < 4.78 is 5.14. The molecule has 0 spiro atoms. The first kappa shape index (κ1) is 20.3. The topological polar surface area (TPSA) is 65.8 Å².